The van der Waals surface area contributed by atoms with Gasteiger partial charge in [-0.3, -0.25) is 0 Å². The van der Waals surface area contributed by atoms with E-state index in [0.717, 1.165) is 18.4 Å². The molecule has 3 atom stereocenters. The van der Waals surface area contributed by atoms with E-state index >= 15 is 0 Å². The van der Waals surface area contributed by atoms with E-state index in [1.54, 1.807) is 0 Å². The molecule has 1 aliphatic carbocycles. The van der Waals surface area contributed by atoms with E-state index in [4.69, 9.17) is 10.5 Å². The first-order valence-corrected chi connectivity index (χ1v) is 6.60. The summed E-state index contributed by atoms with van der Waals surface area (Å²) in [6.45, 7) is 1.86. The van der Waals surface area contributed by atoms with Gasteiger partial charge < -0.3 is 15.8 Å². The summed E-state index contributed by atoms with van der Waals surface area (Å²) in [4.78, 5) is 10.9. The van der Waals surface area contributed by atoms with Crippen molar-refractivity contribution in [2.45, 2.75) is 38.0 Å². The second kappa shape index (κ2) is 6.38. The average molecular weight is 260 g/mol. The van der Waals surface area contributed by atoms with Gasteiger partial charge in [0.05, 0.1) is 6.04 Å². The Morgan fingerprint density at radius 1 is 1.42 bits per heavy atom. The molecule has 4 heteroatoms. The third-order valence-corrected chi connectivity index (χ3v) is 3.34. The first kappa shape index (κ1) is 13.6. The molecule has 0 saturated carbocycles. The summed E-state index contributed by atoms with van der Waals surface area (Å²) < 4.78 is 5.13. The third-order valence-electron chi connectivity index (χ3n) is 3.34. The summed E-state index contributed by atoms with van der Waals surface area (Å²) >= 11 is 0. The zero-order valence-corrected chi connectivity index (χ0v) is 11.1. The van der Waals surface area contributed by atoms with Crippen molar-refractivity contribution in [3.63, 3.8) is 0 Å². The molecule has 3 unspecified atom stereocenters. The summed E-state index contributed by atoms with van der Waals surface area (Å²) in [5.41, 5.74) is 6.21. The summed E-state index contributed by atoms with van der Waals surface area (Å²) in [5, 5.41) is 3.52. The highest BCUT2D eigenvalue weighted by Crippen LogP contribution is 2.22. The van der Waals surface area contributed by atoms with Crippen LogP contribution in [0.5, 0.6) is 0 Å². The molecule has 1 aromatic rings. The molecule has 19 heavy (non-hydrogen) atoms. The van der Waals surface area contributed by atoms with Crippen LogP contribution in [0.3, 0.4) is 0 Å². The minimum atomic E-state index is -0.739. The van der Waals surface area contributed by atoms with Crippen LogP contribution in [0.1, 0.15) is 31.4 Å². The molecule has 0 saturated heterocycles. The van der Waals surface area contributed by atoms with Crippen LogP contribution >= 0.6 is 0 Å². The minimum Gasteiger partial charge on any atom is -0.445 e. The molecule has 0 heterocycles. The normalized spacial score (nSPS) is 21.0. The van der Waals surface area contributed by atoms with Gasteiger partial charge in [-0.2, -0.15) is 0 Å². The summed E-state index contributed by atoms with van der Waals surface area (Å²) in [7, 11) is 0. The number of hydrogen-bond acceptors (Lipinski definition) is 3. The molecule has 0 bridgehead atoms. The monoisotopic (exact) mass is 260 g/mol. The van der Waals surface area contributed by atoms with Crippen LogP contribution in [0.25, 0.3) is 0 Å². The zero-order valence-electron chi connectivity index (χ0n) is 11.1. The lowest BCUT2D eigenvalue weighted by atomic mass is 10.0. The predicted octanol–water partition coefficient (Wildman–Crippen LogP) is 2.52. The average Bonchev–Trinajstić information content (AvgIpc) is 2.89. The molecule has 2 rings (SSSR count). The lowest BCUT2D eigenvalue weighted by Crippen LogP contribution is -2.39. The van der Waals surface area contributed by atoms with Gasteiger partial charge >= 0.3 is 6.09 Å². The lowest BCUT2D eigenvalue weighted by Gasteiger charge is -2.27. The van der Waals surface area contributed by atoms with Gasteiger partial charge in [0, 0.05) is 6.04 Å². The van der Waals surface area contributed by atoms with Crippen LogP contribution in [-0.4, -0.2) is 18.2 Å². The van der Waals surface area contributed by atoms with Crippen molar-refractivity contribution in [3.05, 3.63) is 48.0 Å². The Balaban J connectivity index is 2.12. The van der Waals surface area contributed by atoms with Gasteiger partial charge in [0.15, 0.2) is 0 Å². The molecule has 0 aromatic heterocycles. The van der Waals surface area contributed by atoms with E-state index in [2.05, 4.69) is 17.5 Å². The van der Waals surface area contributed by atoms with E-state index in [-0.39, 0.29) is 12.1 Å². The van der Waals surface area contributed by atoms with E-state index in [0.29, 0.717) is 6.04 Å². The minimum absolute atomic E-state index is 0.0542. The fourth-order valence-electron chi connectivity index (χ4n) is 2.42. The van der Waals surface area contributed by atoms with Crippen LogP contribution in [-0.2, 0) is 4.74 Å². The number of amides is 1. The number of allylic oxidation sites excluding steroid dienone is 1. The fraction of sp³-hybridized carbons (Fsp3) is 0.400. The van der Waals surface area contributed by atoms with Gasteiger partial charge in [-0.1, -0.05) is 42.5 Å². The van der Waals surface area contributed by atoms with Crippen molar-refractivity contribution >= 4 is 6.09 Å². The Hall–Kier alpha value is -1.81. The molecular formula is C15H20N2O2. The maximum Gasteiger partial charge on any atom is 0.404 e. The van der Waals surface area contributed by atoms with Crippen molar-refractivity contribution in [3.8, 4) is 0 Å². The molecule has 0 spiro atoms. The molecule has 4 nitrogen and oxygen atoms in total. The van der Waals surface area contributed by atoms with Gasteiger partial charge in [0.1, 0.15) is 6.10 Å². The third kappa shape index (κ3) is 3.83. The van der Waals surface area contributed by atoms with Gasteiger partial charge in [-0.15, -0.1) is 0 Å². The smallest absolute Gasteiger partial charge is 0.404 e. The maximum atomic E-state index is 10.9. The number of hydrogen-bond donors (Lipinski definition) is 2. The number of nitrogens with one attached hydrogen (secondary N) is 1. The quantitative estimate of drug-likeness (QED) is 0.799. The molecule has 0 radical (unpaired) electrons. The zero-order chi connectivity index (χ0) is 13.7. The largest absolute Gasteiger partial charge is 0.445 e. The molecule has 0 fully saturated rings. The first-order valence-electron chi connectivity index (χ1n) is 6.60. The Bertz CT molecular complexity index is 445. The van der Waals surface area contributed by atoms with E-state index < -0.39 is 6.09 Å². The second-order valence-electron chi connectivity index (χ2n) is 4.81. The van der Waals surface area contributed by atoms with Crippen LogP contribution < -0.4 is 11.1 Å². The van der Waals surface area contributed by atoms with Crippen molar-refractivity contribution in [2.24, 2.45) is 5.73 Å². The van der Waals surface area contributed by atoms with Crippen LogP contribution in [0.2, 0.25) is 0 Å². The Kier molecular flexibility index (Phi) is 4.58. The Labute approximate surface area is 113 Å². The topological polar surface area (TPSA) is 64.3 Å². The summed E-state index contributed by atoms with van der Waals surface area (Å²) in [6, 6.07) is 10.2. The number of carbonyl (C=O) groups excluding carboxylic acids is 1. The molecule has 102 valence electrons. The van der Waals surface area contributed by atoms with Crippen molar-refractivity contribution in [1.82, 2.24) is 5.32 Å². The fourth-order valence-corrected chi connectivity index (χ4v) is 2.42. The molecule has 0 aliphatic heterocycles. The van der Waals surface area contributed by atoms with Crippen LogP contribution in [0, 0.1) is 0 Å². The SMILES string of the molecule is CC(OC(N)=O)C(NC1C=CCC1)c1ccccc1. The number of primary amides is 1. The first-order chi connectivity index (χ1) is 9.16. The lowest BCUT2D eigenvalue weighted by molar-refractivity contribution is 0.0899. The molecule has 1 aromatic carbocycles. The molecular weight excluding hydrogens is 240 g/mol. The van der Waals surface area contributed by atoms with E-state index in [9.17, 15) is 4.79 Å². The van der Waals surface area contributed by atoms with Crippen LogP contribution in [0.4, 0.5) is 4.79 Å². The molecule has 1 aliphatic rings. The van der Waals surface area contributed by atoms with Gasteiger partial charge in [0.2, 0.25) is 0 Å². The second-order valence-corrected chi connectivity index (χ2v) is 4.81. The number of ether oxygens (including phenoxy) is 1. The van der Waals surface area contributed by atoms with Crippen molar-refractivity contribution in [1.29, 1.82) is 0 Å². The highest BCUT2D eigenvalue weighted by molar-refractivity contribution is 5.64. The Morgan fingerprint density at radius 3 is 2.74 bits per heavy atom. The maximum absolute atomic E-state index is 10.9. The van der Waals surface area contributed by atoms with Gasteiger partial charge in [-0.05, 0) is 25.3 Å². The van der Waals surface area contributed by atoms with Crippen molar-refractivity contribution < 1.29 is 9.53 Å². The molecule has 3 N–H and O–H groups in total. The van der Waals surface area contributed by atoms with Crippen molar-refractivity contribution in [2.75, 3.05) is 0 Å². The predicted molar refractivity (Wildman–Crippen MR) is 74.6 cm³/mol. The van der Waals surface area contributed by atoms with Gasteiger partial charge in [-0.25, -0.2) is 4.79 Å². The number of carbonyl (C=O) groups is 1. The van der Waals surface area contributed by atoms with E-state index in [1.165, 1.54) is 0 Å². The highest BCUT2D eigenvalue weighted by atomic mass is 16.6. The van der Waals surface area contributed by atoms with E-state index in [1.807, 2.05) is 37.3 Å². The number of benzene rings is 1. The number of nitrogens with two attached hydrogens (primary N) is 1. The summed E-state index contributed by atoms with van der Waals surface area (Å²) in [6.07, 6.45) is 5.44. The number of rotatable bonds is 5. The highest BCUT2D eigenvalue weighted by Gasteiger charge is 2.24. The standard InChI is InChI=1S/C15H20N2O2/c1-11(19-15(16)18)14(12-7-3-2-4-8-12)17-13-9-5-6-10-13/h2-5,7-9,11,13-14,17H,6,10H2,1H3,(H2,16,18). The summed E-state index contributed by atoms with van der Waals surface area (Å²) in [5.74, 6) is 0. The Morgan fingerprint density at radius 2 is 2.16 bits per heavy atom. The van der Waals surface area contributed by atoms with Gasteiger partial charge in [0.25, 0.3) is 0 Å². The van der Waals surface area contributed by atoms with Crippen LogP contribution in [0.15, 0.2) is 42.5 Å². The molecule has 1 amide bonds.